The monoisotopic (exact) mass is 365 g/mol. The molecular weight excluding hydrogens is 342 g/mol. The van der Waals surface area contributed by atoms with Crippen LogP contribution in [0.2, 0.25) is 0 Å². The van der Waals surface area contributed by atoms with Crippen LogP contribution in [0, 0.1) is 0 Å². The van der Waals surface area contributed by atoms with Gasteiger partial charge in [0, 0.05) is 17.5 Å². The lowest BCUT2D eigenvalue weighted by molar-refractivity contribution is -0.123. The predicted molar refractivity (Wildman–Crippen MR) is 105 cm³/mol. The molecule has 3 rings (SSSR count). The van der Waals surface area contributed by atoms with E-state index in [1.165, 1.54) is 6.07 Å². The summed E-state index contributed by atoms with van der Waals surface area (Å²) in [6, 6.07) is 16.4. The fraction of sp³-hybridized carbons (Fsp3) is 0.273. The second kappa shape index (κ2) is 8.08. The highest BCUT2D eigenvalue weighted by molar-refractivity contribution is 5.82. The quantitative estimate of drug-likeness (QED) is 0.666. The lowest BCUT2D eigenvalue weighted by atomic mass is 10.00. The molecule has 2 aromatic carbocycles. The minimum Gasteiger partial charge on any atom is -0.484 e. The minimum atomic E-state index is -0.391. The first-order valence-electron chi connectivity index (χ1n) is 8.99. The zero-order chi connectivity index (χ0) is 19.4. The molecule has 3 aromatic rings. The third-order valence-corrected chi connectivity index (χ3v) is 4.42. The topological polar surface area (TPSA) is 68.5 Å². The second-order valence-electron chi connectivity index (χ2n) is 6.82. The van der Waals surface area contributed by atoms with Gasteiger partial charge >= 0.3 is 5.63 Å². The number of carbonyl (C=O) groups is 1. The average molecular weight is 365 g/mol. The van der Waals surface area contributed by atoms with Crippen molar-refractivity contribution in [1.82, 2.24) is 5.32 Å². The maximum Gasteiger partial charge on any atom is 0.336 e. The molecule has 5 nitrogen and oxygen atoms in total. The lowest BCUT2D eigenvalue weighted by Crippen LogP contribution is -2.31. The van der Waals surface area contributed by atoms with Crippen LogP contribution in [-0.2, 0) is 4.79 Å². The lowest BCUT2D eigenvalue weighted by Gasteiger charge is -2.15. The third kappa shape index (κ3) is 4.56. The van der Waals surface area contributed by atoms with Gasteiger partial charge in [0.05, 0.1) is 6.04 Å². The highest BCUT2D eigenvalue weighted by Gasteiger charge is 2.12. The normalized spacial score (nSPS) is 12.1. The summed E-state index contributed by atoms with van der Waals surface area (Å²) in [5.74, 6) is 0.464. The van der Waals surface area contributed by atoms with Crippen LogP contribution < -0.4 is 15.7 Å². The molecule has 0 spiro atoms. The van der Waals surface area contributed by atoms with E-state index in [1.807, 2.05) is 57.2 Å². The first-order chi connectivity index (χ1) is 12.9. The Hall–Kier alpha value is -3.08. The smallest absolute Gasteiger partial charge is 0.336 e. The van der Waals surface area contributed by atoms with Crippen molar-refractivity contribution < 1.29 is 13.9 Å². The first kappa shape index (κ1) is 18.7. The molecule has 0 saturated carbocycles. The summed E-state index contributed by atoms with van der Waals surface area (Å²) in [5.41, 5.74) is 2.03. The zero-order valence-electron chi connectivity index (χ0n) is 15.7. The molecule has 1 unspecified atom stereocenters. The molecule has 1 atom stereocenters. The number of nitrogens with one attached hydrogen (secondary N) is 1. The van der Waals surface area contributed by atoms with E-state index in [0.29, 0.717) is 11.3 Å². The summed E-state index contributed by atoms with van der Waals surface area (Å²) < 4.78 is 10.9. The zero-order valence-corrected chi connectivity index (χ0v) is 15.7. The Morgan fingerprint density at radius 2 is 1.81 bits per heavy atom. The number of fused-ring (bicyclic) bond motifs is 1. The molecule has 0 aliphatic heterocycles. The molecule has 5 heteroatoms. The van der Waals surface area contributed by atoms with Crippen molar-refractivity contribution in [3.05, 3.63) is 76.1 Å². The molecule has 0 aliphatic carbocycles. The molecule has 0 bridgehead atoms. The number of benzene rings is 2. The van der Waals surface area contributed by atoms with E-state index >= 15 is 0 Å². The van der Waals surface area contributed by atoms with E-state index in [2.05, 4.69) is 5.32 Å². The van der Waals surface area contributed by atoms with Gasteiger partial charge in [0.2, 0.25) is 0 Å². The Kier molecular flexibility index (Phi) is 5.60. The van der Waals surface area contributed by atoms with Gasteiger partial charge in [-0.2, -0.15) is 0 Å². The summed E-state index contributed by atoms with van der Waals surface area (Å²) in [6.07, 6.45) is 0. The van der Waals surface area contributed by atoms with Crippen LogP contribution in [0.25, 0.3) is 11.0 Å². The fourth-order valence-corrected chi connectivity index (χ4v) is 2.99. The SMILES string of the molecule is CC(C)c1cc(=O)oc2cc(OCC(=O)NC(C)c3ccccc3)ccc12. The summed E-state index contributed by atoms with van der Waals surface area (Å²) in [5, 5.41) is 3.77. The van der Waals surface area contributed by atoms with E-state index in [9.17, 15) is 9.59 Å². The number of ether oxygens (including phenoxy) is 1. The van der Waals surface area contributed by atoms with Crippen molar-refractivity contribution in [2.24, 2.45) is 0 Å². The predicted octanol–water partition coefficient (Wildman–Crippen LogP) is 4.17. The summed E-state index contributed by atoms with van der Waals surface area (Å²) >= 11 is 0. The molecule has 1 N–H and O–H groups in total. The van der Waals surface area contributed by atoms with Crippen molar-refractivity contribution >= 4 is 16.9 Å². The molecule has 0 aliphatic rings. The molecule has 1 aromatic heterocycles. The van der Waals surface area contributed by atoms with E-state index in [4.69, 9.17) is 9.15 Å². The van der Waals surface area contributed by atoms with E-state index in [0.717, 1.165) is 16.5 Å². The Labute approximate surface area is 158 Å². The molecule has 27 heavy (non-hydrogen) atoms. The van der Waals surface area contributed by atoms with Gasteiger partial charge in [-0.15, -0.1) is 0 Å². The fourth-order valence-electron chi connectivity index (χ4n) is 2.99. The number of hydrogen-bond acceptors (Lipinski definition) is 4. The Morgan fingerprint density at radius 1 is 1.07 bits per heavy atom. The van der Waals surface area contributed by atoms with Gasteiger partial charge in [0.15, 0.2) is 6.61 Å². The van der Waals surface area contributed by atoms with Gasteiger partial charge in [-0.25, -0.2) is 4.79 Å². The van der Waals surface area contributed by atoms with Crippen LogP contribution in [-0.4, -0.2) is 12.5 Å². The molecule has 0 radical (unpaired) electrons. The van der Waals surface area contributed by atoms with Crippen LogP contribution >= 0.6 is 0 Å². The van der Waals surface area contributed by atoms with Crippen LogP contribution in [0.15, 0.2) is 63.8 Å². The minimum absolute atomic E-state index is 0.106. The molecule has 0 fully saturated rings. The van der Waals surface area contributed by atoms with Crippen LogP contribution in [0.3, 0.4) is 0 Å². The average Bonchev–Trinajstić information content (AvgIpc) is 2.66. The van der Waals surface area contributed by atoms with Gasteiger partial charge < -0.3 is 14.5 Å². The maximum absolute atomic E-state index is 12.2. The number of carbonyl (C=O) groups excluding carboxylic acids is 1. The summed E-state index contributed by atoms with van der Waals surface area (Å²) in [6.45, 7) is 5.86. The van der Waals surface area contributed by atoms with Crippen molar-refractivity contribution in [3.8, 4) is 5.75 Å². The molecule has 1 amide bonds. The van der Waals surface area contributed by atoms with E-state index < -0.39 is 5.63 Å². The number of amides is 1. The molecule has 0 saturated heterocycles. The van der Waals surface area contributed by atoms with E-state index in [-0.39, 0.29) is 24.5 Å². The van der Waals surface area contributed by atoms with Gasteiger partial charge in [-0.05, 0) is 36.1 Å². The van der Waals surface area contributed by atoms with Gasteiger partial charge in [0.1, 0.15) is 11.3 Å². The summed E-state index contributed by atoms with van der Waals surface area (Å²) in [4.78, 5) is 23.9. The van der Waals surface area contributed by atoms with Crippen LogP contribution in [0.5, 0.6) is 5.75 Å². The Bertz CT molecular complexity index is 992. The van der Waals surface area contributed by atoms with Gasteiger partial charge in [-0.3, -0.25) is 4.79 Å². The van der Waals surface area contributed by atoms with Crippen molar-refractivity contribution in [2.75, 3.05) is 6.61 Å². The Morgan fingerprint density at radius 3 is 2.52 bits per heavy atom. The summed E-state index contributed by atoms with van der Waals surface area (Å²) in [7, 11) is 0. The first-order valence-corrected chi connectivity index (χ1v) is 8.99. The Balaban J connectivity index is 1.68. The molecule has 140 valence electrons. The maximum atomic E-state index is 12.2. The van der Waals surface area contributed by atoms with E-state index in [1.54, 1.807) is 12.1 Å². The third-order valence-electron chi connectivity index (χ3n) is 4.42. The highest BCUT2D eigenvalue weighted by Crippen LogP contribution is 2.27. The van der Waals surface area contributed by atoms with Crippen LogP contribution in [0.4, 0.5) is 0 Å². The van der Waals surface area contributed by atoms with Crippen molar-refractivity contribution in [2.45, 2.75) is 32.7 Å². The van der Waals surface area contributed by atoms with Crippen molar-refractivity contribution in [3.63, 3.8) is 0 Å². The highest BCUT2D eigenvalue weighted by atomic mass is 16.5. The molecule has 1 heterocycles. The van der Waals surface area contributed by atoms with Crippen molar-refractivity contribution in [1.29, 1.82) is 0 Å². The largest absolute Gasteiger partial charge is 0.484 e. The number of rotatable bonds is 6. The second-order valence-corrected chi connectivity index (χ2v) is 6.82. The molecular formula is C22H23NO4. The standard InChI is InChI=1S/C22H23NO4/c1-14(2)19-12-22(25)27-20-11-17(9-10-18(19)20)26-13-21(24)23-15(3)16-7-5-4-6-8-16/h4-12,14-15H,13H2,1-3H3,(H,23,24). The number of hydrogen-bond donors (Lipinski definition) is 1. The van der Waals surface area contributed by atoms with Gasteiger partial charge in [-0.1, -0.05) is 44.2 Å². The van der Waals surface area contributed by atoms with Crippen LogP contribution in [0.1, 0.15) is 43.9 Å². The van der Waals surface area contributed by atoms with Gasteiger partial charge in [0.25, 0.3) is 5.91 Å².